The van der Waals surface area contributed by atoms with Crippen LogP contribution in [-0.2, 0) is 25.6 Å². The maximum absolute atomic E-state index is 11.9. The van der Waals surface area contributed by atoms with Crippen LogP contribution in [0.4, 0.5) is 0 Å². The Balaban J connectivity index is 1.16. The van der Waals surface area contributed by atoms with Crippen molar-refractivity contribution < 1.29 is 68.1 Å². The number of methoxy groups -OCH3 is 2. The predicted molar refractivity (Wildman–Crippen MR) is 179 cm³/mol. The molecule has 8 rings (SSSR count). The number of aliphatic hydroxyl groups is 3. The molecule has 15 nitrogen and oxygen atoms in total. The van der Waals surface area contributed by atoms with Gasteiger partial charge in [0.2, 0.25) is 12.0 Å². The molecule has 2 fully saturated rings. The quantitative estimate of drug-likeness (QED) is 0.173. The Morgan fingerprint density at radius 1 is 1.06 bits per heavy atom. The number of quaternary nitrogens is 1. The third kappa shape index (κ3) is 5.86. The van der Waals surface area contributed by atoms with Crippen molar-refractivity contribution in [3.63, 3.8) is 0 Å². The minimum absolute atomic E-state index is 0.133. The molecule has 5 aliphatic heterocycles. The van der Waals surface area contributed by atoms with E-state index in [0.717, 1.165) is 65.1 Å². The highest BCUT2D eigenvalue weighted by molar-refractivity contribution is 5.90. The summed E-state index contributed by atoms with van der Waals surface area (Å²) in [5.74, 6) is -0.0281. The lowest BCUT2D eigenvalue weighted by molar-refractivity contribution is -0.851. The molecule has 52 heavy (non-hydrogen) atoms. The van der Waals surface area contributed by atoms with Gasteiger partial charge in [-0.3, -0.25) is 19.5 Å². The van der Waals surface area contributed by atoms with Gasteiger partial charge in [0, 0.05) is 34.5 Å². The second-order valence-corrected chi connectivity index (χ2v) is 14.0. The monoisotopic (exact) mass is 721 g/mol. The van der Waals surface area contributed by atoms with E-state index in [4.69, 9.17) is 38.3 Å². The van der Waals surface area contributed by atoms with Crippen molar-refractivity contribution >= 4 is 18.2 Å². The third-order valence-corrected chi connectivity index (χ3v) is 10.8. The Bertz CT molecular complexity index is 1870. The number of hydrogen-bond donors (Lipinski definition) is 5. The fourth-order valence-corrected chi connectivity index (χ4v) is 8.51. The molecule has 1 saturated heterocycles. The van der Waals surface area contributed by atoms with Crippen LogP contribution in [0.2, 0.25) is 0 Å². The number of carboxylic acids is 1. The molecule has 1 aliphatic carbocycles. The van der Waals surface area contributed by atoms with E-state index in [1.807, 2.05) is 24.3 Å². The van der Waals surface area contributed by atoms with E-state index < -0.39 is 67.4 Å². The third-order valence-electron chi connectivity index (χ3n) is 10.8. The molecular weight excluding hydrogens is 680 g/mol. The van der Waals surface area contributed by atoms with Crippen molar-refractivity contribution in [3.05, 3.63) is 64.5 Å². The van der Waals surface area contributed by atoms with Crippen LogP contribution in [-0.4, -0.2) is 102 Å². The summed E-state index contributed by atoms with van der Waals surface area (Å²) in [6.45, 7) is 0.655. The molecule has 1 saturated carbocycles. The van der Waals surface area contributed by atoms with Crippen LogP contribution in [0.15, 0.2) is 52.8 Å². The van der Waals surface area contributed by atoms with Crippen molar-refractivity contribution in [2.45, 2.75) is 87.0 Å². The molecule has 0 bridgehead atoms. The number of aliphatic carboxylic acids is 1. The van der Waals surface area contributed by atoms with E-state index in [0.29, 0.717) is 29.5 Å². The highest BCUT2D eigenvalue weighted by atomic mass is 16.7. The lowest BCUT2D eigenvalue weighted by Gasteiger charge is -2.44. The molecule has 6 aliphatic rings. The van der Waals surface area contributed by atoms with Crippen LogP contribution < -0.4 is 28.6 Å². The fraction of sp³-hybridized carbons (Fsp3) is 0.486. The van der Waals surface area contributed by atoms with E-state index >= 15 is 0 Å². The average molecular weight is 722 g/mol. The first-order valence-corrected chi connectivity index (χ1v) is 17.4. The number of carbonyl (C=O) groups excluding carboxylic acids is 1. The number of allylic oxidation sites excluding steroid dienone is 1. The first-order valence-electron chi connectivity index (χ1n) is 17.4. The van der Waals surface area contributed by atoms with Crippen LogP contribution in [0.1, 0.15) is 60.8 Å². The maximum Gasteiger partial charge on any atom is 0.317 e. The number of aliphatic imine (C=N–C) groups is 1. The lowest BCUT2D eigenvalue weighted by Crippen LogP contribution is -3.04. The summed E-state index contributed by atoms with van der Waals surface area (Å²) in [5.41, 5.74) is 4.19. The van der Waals surface area contributed by atoms with Crippen LogP contribution in [0.25, 0.3) is 0 Å². The van der Waals surface area contributed by atoms with E-state index in [-0.39, 0.29) is 11.7 Å². The molecule has 8 atom stereocenters. The smallest absolute Gasteiger partial charge is 0.317 e. The average Bonchev–Trinajstić information content (AvgIpc) is 3.91. The van der Waals surface area contributed by atoms with Crippen LogP contribution in [0.5, 0.6) is 28.7 Å². The van der Waals surface area contributed by atoms with Gasteiger partial charge in [-0.25, -0.2) is 0 Å². The molecule has 0 amide bonds. The number of nitrogens with zero attached hydrogens (tertiary/aromatic N) is 1. The minimum Gasteiger partial charge on any atom is -0.493 e. The second kappa shape index (κ2) is 13.4. The predicted octanol–water partition coefficient (Wildman–Crippen LogP) is 1.08. The van der Waals surface area contributed by atoms with Crippen LogP contribution in [0, 0.1) is 0 Å². The summed E-state index contributed by atoms with van der Waals surface area (Å²) >= 11 is 0. The second-order valence-electron chi connectivity index (χ2n) is 14.0. The normalized spacial score (nSPS) is 30.2. The van der Waals surface area contributed by atoms with Gasteiger partial charge in [-0.1, -0.05) is 6.07 Å². The summed E-state index contributed by atoms with van der Waals surface area (Å²) in [4.78, 5) is 28.4. The van der Waals surface area contributed by atoms with Crippen molar-refractivity contribution in [2.75, 3.05) is 27.4 Å². The molecule has 0 aromatic heterocycles. The first-order chi connectivity index (χ1) is 25.1. The van der Waals surface area contributed by atoms with Gasteiger partial charge < -0.3 is 53.6 Å². The number of ether oxygens (including phenoxy) is 7. The van der Waals surface area contributed by atoms with Crippen molar-refractivity contribution in [1.82, 2.24) is 0 Å². The fourth-order valence-electron chi connectivity index (χ4n) is 8.51. The van der Waals surface area contributed by atoms with E-state index in [1.54, 1.807) is 26.5 Å². The molecule has 5 heterocycles. The number of carbonyl (C=O) groups is 2. The number of nitrogens with one attached hydrogen (secondary N) is 1. The molecule has 2 aromatic carbocycles. The highest BCUT2D eigenvalue weighted by Crippen LogP contribution is 2.64. The summed E-state index contributed by atoms with van der Waals surface area (Å²) in [7, 11) is 3.18. The standard InChI is InChI=1S/C37H40N2O13/c1-46-23-6-5-21-29-35(51-33(21)34(23)47-2)28-19(15-39-14-18-7-10-38-22(18)16-39)11-20(12-24(28)52-37(29)8-3-4-9-37)49-36-32(45)31(44)30(43)25(50-36)17-48-27(42)13-26(40)41/h5-7,10-12,16,25,29-32,35-36,43-45H,3-4,8-9,13-15,17H2,1-2H3,(H,40,41)/p+1. The molecule has 0 radical (unpaired) electrons. The SMILES string of the molecule is COc1ccc2c(c1OC)OC1c3c(C[NH+]4C=C5N=CC=C5C4)cc(OC4OC(COC(=O)CC(=O)O)C(O)C(O)C4O)cc3OC3(CCCC3)C21. The van der Waals surface area contributed by atoms with Gasteiger partial charge in [-0.2, -0.15) is 0 Å². The Morgan fingerprint density at radius 3 is 2.60 bits per heavy atom. The molecule has 1 spiro atoms. The number of esters is 1. The van der Waals surface area contributed by atoms with Gasteiger partial charge in [0.15, 0.2) is 11.5 Å². The van der Waals surface area contributed by atoms with Gasteiger partial charge in [-0.15, -0.1) is 0 Å². The van der Waals surface area contributed by atoms with Crippen molar-refractivity contribution in [1.29, 1.82) is 0 Å². The number of carboxylic acid groups (broad SMARTS) is 1. The molecule has 8 unspecified atom stereocenters. The summed E-state index contributed by atoms with van der Waals surface area (Å²) < 4.78 is 42.4. The van der Waals surface area contributed by atoms with Crippen molar-refractivity contribution in [2.24, 2.45) is 4.99 Å². The molecule has 15 heteroatoms. The van der Waals surface area contributed by atoms with Gasteiger partial charge in [0.05, 0.1) is 20.1 Å². The number of benzene rings is 2. The Hall–Kier alpha value is -4.67. The van der Waals surface area contributed by atoms with Gasteiger partial charge in [0.25, 0.3) is 0 Å². The van der Waals surface area contributed by atoms with E-state index in [2.05, 4.69) is 11.2 Å². The molecule has 2 aromatic rings. The molecular formula is C37H41N2O13+. The Labute approximate surface area is 298 Å². The minimum atomic E-state index is -1.72. The summed E-state index contributed by atoms with van der Waals surface area (Å²) in [6, 6.07) is 7.50. The van der Waals surface area contributed by atoms with Crippen molar-refractivity contribution in [3.8, 4) is 28.7 Å². The van der Waals surface area contributed by atoms with E-state index in [9.17, 15) is 24.9 Å². The summed E-state index contributed by atoms with van der Waals surface area (Å²) in [5, 5.41) is 41.1. The first kappa shape index (κ1) is 34.4. The highest BCUT2D eigenvalue weighted by Gasteiger charge is 2.58. The zero-order valence-electron chi connectivity index (χ0n) is 28.7. The largest absolute Gasteiger partial charge is 0.493 e. The Morgan fingerprint density at radius 2 is 1.87 bits per heavy atom. The van der Waals surface area contributed by atoms with Crippen LogP contribution in [0.3, 0.4) is 0 Å². The number of fused-ring (bicyclic) bond motifs is 7. The van der Waals surface area contributed by atoms with E-state index in [1.165, 1.54) is 0 Å². The zero-order chi connectivity index (χ0) is 36.3. The Kier molecular flexibility index (Phi) is 8.86. The summed E-state index contributed by atoms with van der Waals surface area (Å²) in [6.07, 6.45) is 0.275. The molecule has 276 valence electrons. The topological polar surface area (TPSA) is 196 Å². The maximum atomic E-state index is 11.9. The zero-order valence-corrected chi connectivity index (χ0v) is 28.7. The molecule has 5 N–H and O–H groups in total. The number of hydrogen-bond acceptors (Lipinski definition) is 13. The lowest BCUT2D eigenvalue weighted by atomic mass is 9.73. The van der Waals surface area contributed by atoms with Gasteiger partial charge in [0.1, 0.15) is 85.6 Å². The number of aliphatic hydroxyl groups excluding tert-OH is 3. The van der Waals surface area contributed by atoms with Gasteiger partial charge >= 0.3 is 11.9 Å². The van der Waals surface area contributed by atoms with Crippen LogP contribution >= 0.6 is 0 Å². The van der Waals surface area contributed by atoms with Gasteiger partial charge in [-0.05, 0) is 43.9 Å². The number of rotatable bonds is 10.